The molecule has 0 aromatic heterocycles. The second-order valence-corrected chi connectivity index (χ2v) is 4.40. The maximum Gasteiger partial charge on any atom is 0.277 e. The Hall–Kier alpha value is -2.34. The molecule has 0 bridgehead atoms. The summed E-state index contributed by atoms with van der Waals surface area (Å²) in [6, 6.07) is 7.27. The maximum absolute atomic E-state index is 12.2. The van der Waals surface area contributed by atoms with Gasteiger partial charge in [0.2, 0.25) is 0 Å². The van der Waals surface area contributed by atoms with Gasteiger partial charge in [-0.3, -0.25) is 14.5 Å². The summed E-state index contributed by atoms with van der Waals surface area (Å²) in [5.74, 6) is -0.0618. The number of hydrogen-bond acceptors (Lipinski definition) is 5. The Labute approximate surface area is 123 Å². The first-order valence-electron chi connectivity index (χ1n) is 6.72. The number of anilines is 1. The van der Waals surface area contributed by atoms with Crippen molar-refractivity contribution in [2.24, 2.45) is 0 Å². The van der Waals surface area contributed by atoms with E-state index in [1.54, 1.807) is 12.1 Å². The minimum absolute atomic E-state index is 0.239. The van der Waals surface area contributed by atoms with E-state index in [4.69, 9.17) is 9.47 Å². The summed E-state index contributed by atoms with van der Waals surface area (Å²) < 4.78 is 10.4. The zero-order valence-electron chi connectivity index (χ0n) is 12.1. The van der Waals surface area contributed by atoms with Crippen LogP contribution >= 0.6 is 0 Å². The van der Waals surface area contributed by atoms with Crippen LogP contribution < -0.4 is 10.1 Å². The number of carbonyl (C=O) groups is 2. The van der Waals surface area contributed by atoms with E-state index in [1.165, 1.54) is 13.2 Å². The zero-order valence-corrected chi connectivity index (χ0v) is 12.1. The van der Waals surface area contributed by atoms with E-state index < -0.39 is 0 Å². The van der Waals surface area contributed by atoms with Crippen LogP contribution in [0.1, 0.15) is 6.92 Å². The fraction of sp³-hybridized carbons (Fsp3) is 0.333. The lowest BCUT2D eigenvalue weighted by molar-refractivity contribution is -0.137. The number of nitrogens with one attached hydrogen (secondary N) is 1. The topological polar surface area (TPSA) is 67.9 Å². The molecule has 2 amide bonds. The number of rotatable bonds is 7. The Balaban J connectivity index is 2.12. The van der Waals surface area contributed by atoms with Crippen LogP contribution in [0, 0.1) is 0 Å². The molecule has 2 rings (SSSR count). The molecule has 112 valence electrons. The van der Waals surface area contributed by atoms with Gasteiger partial charge in [0, 0.05) is 13.2 Å². The summed E-state index contributed by atoms with van der Waals surface area (Å²) in [5.41, 5.74) is 0.892. The van der Waals surface area contributed by atoms with Gasteiger partial charge in [0.1, 0.15) is 11.4 Å². The number of imide groups is 1. The summed E-state index contributed by atoms with van der Waals surface area (Å²) in [6.45, 7) is 2.95. The van der Waals surface area contributed by atoms with Crippen LogP contribution in [0.4, 0.5) is 5.69 Å². The highest BCUT2D eigenvalue weighted by molar-refractivity contribution is 6.17. The molecule has 0 aliphatic carbocycles. The Morgan fingerprint density at radius 3 is 2.71 bits per heavy atom. The van der Waals surface area contributed by atoms with E-state index >= 15 is 0 Å². The van der Waals surface area contributed by atoms with Crippen LogP contribution in [-0.2, 0) is 14.3 Å². The molecule has 1 N–H and O–H groups in total. The second kappa shape index (κ2) is 6.90. The van der Waals surface area contributed by atoms with Crippen molar-refractivity contribution < 1.29 is 19.1 Å². The lowest BCUT2D eigenvalue weighted by Gasteiger charge is -2.15. The number of methoxy groups -OCH3 is 1. The summed E-state index contributed by atoms with van der Waals surface area (Å²) in [7, 11) is 1.52. The van der Waals surface area contributed by atoms with E-state index in [0.717, 1.165) is 4.90 Å². The molecule has 0 radical (unpaired) electrons. The molecule has 1 aliphatic heterocycles. The minimum Gasteiger partial charge on any atom is -0.492 e. The quantitative estimate of drug-likeness (QED) is 0.769. The van der Waals surface area contributed by atoms with Crippen molar-refractivity contribution in [1.82, 2.24) is 4.90 Å². The van der Waals surface area contributed by atoms with Gasteiger partial charge in [0.05, 0.1) is 25.4 Å². The van der Waals surface area contributed by atoms with Crippen molar-refractivity contribution in [3.63, 3.8) is 0 Å². The highest BCUT2D eigenvalue weighted by Gasteiger charge is 2.31. The smallest absolute Gasteiger partial charge is 0.277 e. The van der Waals surface area contributed by atoms with Gasteiger partial charge in [-0.15, -0.1) is 0 Å². The predicted octanol–water partition coefficient (Wildman–Crippen LogP) is 1.40. The molecule has 0 fully saturated rings. The molecule has 21 heavy (non-hydrogen) atoms. The van der Waals surface area contributed by atoms with E-state index in [2.05, 4.69) is 5.32 Å². The van der Waals surface area contributed by atoms with Crippen LogP contribution in [-0.4, -0.2) is 43.6 Å². The maximum atomic E-state index is 12.2. The Morgan fingerprint density at radius 1 is 1.24 bits per heavy atom. The van der Waals surface area contributed by atoms with Crippen LogP contribution in [0.15, 0.2) is 36.0 Å². The fourth-order valence-electron chi connectivity index (χ4n) is 1.99. The fourth-order valence-corrected chi connectivity index (χ4v) is 1.99. The van der Waals surface area contributed by atoms with Crippen LogP contribution in [0.25, 0.3) is 0 Å². The Bertz CT molecular complexity index is 569. The molecule has 0 spiro atoms. The molecule has 1 aromatic rings. The summed E-state index contributed by atoms with van der Waals surface area (Å²) in [6.07, 6.45) is 1.29. The molecule has 0 unspecified atom stereocenters. The number of nitrogens with zero attached hydrogens (tertiary/aromatic N) is 1. The SMILES string of the molecule is CCOc1ccccc1NC1=CC(=O)N(CCOC)C1=O. The second-order valence-electron chi connectivity index (χ2n) is 4.40. The molecule has 6 heteroatoms. The average Bonchev–Trinajstić information content (AvgIpc) is 2.74. The standard InChI is InChI=1S/C15H18N2O4/c1-3-21-13-7-5-4-6-11(13)16-12-10-14(18)17(15(12)19)8-9-20-2/h4-7,10,16H,3,8-9H2,1-2H3. The number of carbonyl (C=O) groups excluding carboxylic acids is 2. The van der Waals surface area contributed by atoms with Crippen LogP contribution in [0.3, 0.4) is 0 Å². The van der Waals surface area contributed by atoms with Crippen LogP contribution in [0.2, 0.25) is 0 Å². The third kappa shape index (κ3) is 3.41. The number of amides is 2. The molecule has 0 atom stereocenters. The van der Waals surface area contributed by atoms with Gasteiger partial charge in [-0.2, -0.15) is 0 Å². The molecule has 0 saturated heterocycles. The van der Waals surface area contributed by atoms with E-state index in [9.17, 15) is 9.59 Å². The van der Waals surface area contributed by atoms with Gasteiger partial charge >= 0.3 is 0 Å². The van der Waals surface area contributed by atoms with Gasteiger partial charge in [-0.1, -0.05) is 12.1 Å². The average molecular weight is 290 g/mol. The van der Waals surface area contributed by atoms with Crippen LogP contribution in [0.5, 0.6) is 5.75 Å². The number of ether oxygens (including phenoxy) is 2. The van der Waals surface area contributed by atoms with Crippen molar-refractivity contribution in [2.45, 2.75) is 6.92 Å². The third-order valence-electron chi connectivity index (χ3n) is 2.98. The number of hydrogen-bond donors (Lipinski definition) is 1. The number of para-hydroxylation sites is 2. The Morgan fingerprint density at radius 2 is 2.00 bits per heavy atom. The van der Waals surface area contributed by atoms with Gasteiger partial charge in [-0.25, -0.2) is 0 Å². The molecule has 1 aliphatic rings. The van der Waals surface area contributed by atoms with Crippen molar-refractivity contribution in [3.05, 3.63) is 36.0 Å². The molecular formula is C15H18N2O4. The van der Waals surface area contributed by atoms with E-state index in [0.29, 0.717) is 24.7 Å². The van der Waals surface area contributed by atoms with Gasteiger partial charge in [-0.05, 0) is 19.1 Å². The van der Waals surface area contributed by atoms with Crippen molar-refractivity contribution >= 4 is 17.5 Å². The molecule has 6 nitrogen and oxygen atoms in total. The predicted molar refractivity (Wildman–Crippen MR) is 77.9 cm³/mol. The third-order valence-corrected chi connectivity index (χ3v) is 2.98. The monoisotopic (exact) mass is 290 g/mol. The minimum atomic E-state index is -0.358. The van der Waals surface area contributed by atoms with Crippen molar-refractivity contribution in [3.8, 4) is 5.75 Å². The summed E-state index contributed by atoms with van der Waals surface area (Å²) >= 11 is 0. The van der Waals surface area contributed by atoms with Gasteiger partial charge < -0.3 is 14.8 Å². The highest BCUT2D eigenvalue weighted by Crippen LogP contribution is 2.26. The summed E-state index contributed by atoms with van der Waals surface area (Å²) in [4.78, 5) is 25.1. The van der Waals surface area contributed by atoms with Crippen molar-refractivity contribution in [1.29, 1.82) is 0 Å². The van der Waals surface area contributed by atoms with E-state index in [-0.39, 0.29) is 24.1 Å². The molecular weight excluding hydrogens is 272 g/mol. The van der Waals surface area contributed by atoms with Gasteiger partial charge in [0.15, 0.2) is 0 Å². The largest absolute Gasteiger partial charge is 0.492 e. The molecule has 1 heterocycles. The Kier molecular flexibility index (Phi) is 4.94. The van der Waals surface area contributed by atoms with Crippen molar-refractivity contribution in [2.75, 3.05) is 32.2 Å². The first kappa shape index (κ1) is 15.1. The molecule has 1 aromatic carbocycles. The number of benzene rings is 1. The highest BCUT2D eigenvalue weighted by atomic mass is 16.5. The summed E-state index contributed by atoms with van der Waals surface area (Å²) in [5, 5.41) is 2.96. The lowest BCUT2D eigenvalue weighted by atomic mass is 10.2. The first-order chi connectivity index (χ1) is 10.2. The zero-order chi connectivity index (χ0) is 15.2. The molecule has 0 saturated carbocycles. The normalized spacial score (nSPS) is 14.4. The van der Waals surface area contributed by atoms with E-state index in [1.807, 2.05) is 19.1 Å². The van der Waals surface area contributed by atoms with Gasteiger partial charge in [0.25, 0.3) is 11.8 Å². The first-order valence-corrected chi connectivity index (χ1v) is 6.72. The lowest BCUT2D eigenvalue weighted by Crippen LogP contribution is -2.34.